The van der Waals surface area contributed by atoms with Crippen LogP contribution in [0.1, 0.15) is 21.5 Å². The SMILES string of the molecule is O=C1OC(C(=O)Nc2cc(C(F)(F)F)ccc2-n2cccn2)Cc2ccccc21. The lowest BCUT2D eigenvalue weighted by Gasteiger charge is -2.24. The number of carbonyl (C=O) groups excluding carboxylic acids is 2. The van der Waals surface area contributed by atoms with E-state index >= 15 is 0 Å². The molecule has 1 aliphatic heterocycles. The zero-order valence-electron chi connectivity index (χ0n) is 14.8. The normalized spacial score (nSPS) is 16.1. The Morgan fingerprint density at radius 1 is 1.17 bits per heavy atom. The summed E-state index contributed by atoms with van der Waals surface area (Å²) in [5.41, 5.74) is 0.241. The molecule has 0 saturated carbocycles. The maximum atomic E-state index is 13.1. The van der Waals surface area contributed by atoms with Crippen LogP contribution in [-0.4, -0.2) is 27.8 Å². The minimum atomic E-state index is -4.58. The van der Waals surface area contributed by atoms with Gasteiger partial charge in [0.05, 0.1) is 22.5 Å². The van der Waals surface area contributed by atoms with Crippen LogP contribution in [-0.2, 0) is 22.1 Å². The number of hydrogen-bond donors (Lipinski definition) is 1. The molecule has 1 atom stereocenters. The quantitative estimate of drug-likeness (QED) is 0.681. The highest BCUT2D eigenvalue weighted by molar-refractivity contribution is 6.01. The molecule has 1 unspecified atom stereocenters. The second kappa shape index (κ2) is 7.08. The Morgan fingerprint density at radius 2 is 1.97 bits per heavy atom. The summed E-state index contributed by atoms with van der Waals surface area (Å²) in [7, 11) is 0. The van der Waals surface area contributed by atoms with Crippen molar-refractivity contribution >= 4 is 17.6 Å². The first-order valence-electron chi connectivity index (χ1n) is 8.64. The average Bonchev–Trinajstić information content (AvgIpc) is 3.22. The summed E-state index contributed by atoms with van der Waals surface area (Å²) in [5, 5.41) is 6.45. The second-order valence-corrected chi connectivity index (χ2v) is 6.42. The third kappa shape index (κ3) is 3.71. The Bertz CT molecular complexity index is 1080. The lowest BCUT2D eigenvalue weighted by atomic mass is 9.98. The standard InChI is InChI=1S/C20H14F3N3O3/c21-20(22,23)13-6-7-16(26-9-3-8-24-26)15(11-13)25-18(27)17-10-12-4-1-2-5-14(12)19(28)29-17/h1-9,11,17H,10H2,(H,25,27). The zero-order chi connectivity index (χ0) is 20.6. The van der Waals surface area contributed by atoms with E-state index in [4.69, 9.17) is 4.74 Å². The third-order valence-corrected chi connectivity index (χ3v) is 4.52. The first kappa shape index (κ1) is 18.7. The van der Waals surface area contributed by atoms with Gasteiger partial charge in [0.2, 0.25) is 0 Å². The van der Waals surface area contributed by atoms with Crippen LogP contribution in [0.15, 0.2) is 60.9 Å². The zero-order valence-corrected chi connectivity index (χ0v) is 14.8. The molecule has 1 aliphatic rings. The molecule has 0 fully saturated rings. The molecule has 1 amide bonds. The van der Waals surface area contributed by atoms with E-state index in [-0.39, 0.29) is 17.8 Å². The lowest BCUT2D eigenvalue weighted by molar-refractivity contribution is -0.137. The number of rotatable bonds is 3. The summed E-state index contributed by atoms with van der Waals surface area (Å²) in [4.78, 5) is 24.8. The fourth-order valence-electron chi connectivity index (χ4n) is 3.11. The topological polar surface area (TPSA) is 73.2 Å². The molecule has 2 heterocycles. The highest BCUT2D eigenvalue weighted by Gasteiger charge is 2.34. The Kier molecular flexibility index (Phi) is 4.57. The van der Waals surface area contributed by atoms with E-state index in [2.05, 4.69) is 10.4 Å². The van der Waals surface area contributed by atoms with Gasteiger partial charge >= 0.3 is 12.1 Å². The van der Waals surface area contributed by atoms with Gasteiger partial charge in [-0.1, -0.05) is 18.2 Å². The minimum absolute atomic E-state index is 0.0940. The van der Waals surface area contributed by atoms with Gasteiger partial charge in [-0.05, 0) is 35.9 Å². The Balaban J connectivity index is 1.65. The smallest absolute Gasteiger partial charge is 0.416 e. The van der Waals surface area contributed by atoms with Crippen molar-refractivity contribution in [1.29, 1.82) is 0 Å². The third-order valence-electron chi connectivity index (χ3n) is 4.52. The average molecular weight is 401 g/mol. The van der Waals surface area contributed by atoms with E-state index < -0.39 is 29.7 Å². The van der Waals surface area contributed by atoms with E-state index in [0.29, 0.717) is 11.1 Å². The molecule has 3 aromatic rings. The summed E-state index contributed by atoms with van der Waals surface area (Å²) < 4.78 is 45.9. The fourth-order valence-corrected chi connectivity index (χ4v) is 3.11. The van der Waals surface area contributed by atoms with Crippen molar-refractivity contribution in [2.75, 3.05) is 5.32 Å². The van der Waals surface area contributed by atoms with Crippen molar-refractivity contribution in [3.8, 4) is 5.69 Å². The fraction of sp³-hybridized carbons (Fsp3) is 0.150. The van der Waals surface area contributed by atoms with Crippen molar-refractivity contribution in [3.63, 3.8) is 0 Å². The van der Waals surface area contributed by atoms with Crippen LogP contribution in [0.3, 0.4) is 0 Å². The molecule has 1 N–H and O–H groups in total. The number of nitrogens with one attached hydrogen (secondary N) is 1. The van der Waals surface area contributed by atoms with Crippen molar-refractivity contribution in [2.45, 2.75) is 18.7 Å². The van der Waals surface area contributed by atoms with Crippen LogP contribution in [0.25, 0.3) is 5.69 Å². The number of anilines is 1. The molecule has 9 heteroatoms. The highest BCUT2D eigenvalue weighted by Crippen LogP contribution is 2.33. The van der Waals surface area contributed by atoms with Gasteiger partial charge in [0, 0.05) is 18.8 Å². The summed E-state index contributed by atoms with van der Waals surface area (Å²) in [6, 6.07) is 11.3. The number of esters is 1. The second-order valence-electron chi connectivity index (χ2n) is 6.42. The number of alkyl halides is 3. The van der Waals surface area contributed by atoms with E-state index in [9.17, 15) is 22.8 Å². The highest BCUT2D eigenvalue weighted by atomic mass is 19.4. The number of hydrogen-bond acceptors (Lipinski definition) is 4. The molecule has 0 saturated heterocycles. The van der Waals surface area contributed by atoms with Crippen LogP contribution in [0.5, 0.6) is 0 Å². The number of ether oxygens (including phenoxy) is 1. The van der Waals surface area contributed by atoms with Crippen LogP contribution in [0.4, 0.5) is 18.9 Å². The molecule has 148 valence electrons. The lowest BCUT2D eigenvalue weighted by Crippen LogP contribution is -2.38. The number of fused-ring (bicyclic) bond motifs is 1. The number of amides is 1. The molecule has 1 aromatic heterocycles. The Labute approximate surface area is 162 Å². The summed E-state index contributed by atoms with van der Waals surface area (Å²) in [6.07, 6.45) is -2.61. The molecule has 0 aliphatic carbocycles. The first-order chi connectivity index (χ1) is 13.8. The number of benzene rings is 2. The monoisotopic (exact) mass is 401 g/mol. The number of nitrogens with zero attached hydrogens (tertiary/aromatic N) is 2. The Morgan fingerprint density at radius 3 is 2.69 bits per heavy atom. The summed E-state index contributed by atoms with van der Waals surface area (Å²) in [6.45, 7) is 0. The van der Waals surface area contributed by atoms with Gasteiger partial charge in [-0.25, -0.2) is 9.48 Å². The van der Waals surface area contributed by atoms with Crippen LogP contribution in [0, 0.1) is 0 Å². The molecule has 2 aromatic carbocycles. The molecular formula is C20H14F3N3O3. The van der Waals surface area contributed by atoms with Crippen LogP contribution >= 0.6 is 0 Å². The number of halogens is 3. The van der Waals surface area contributed by atoms with Gasteiger partial charge < -0.3 is 10.1 Å². The van der Waals surface area contributed by atoms with Crippen molar-refractivity contribution in [3.05, 3.63) is 77.6 Å². The summed E-state index contributed by atoms with van der Waals surface area (Å²) >= 11 is 0. The molecule has 4 rings (SSSR count). The van der Waals surface area contributed by atoms with E-state index in [1.165, 1.54) is 23.1 Å². The largest absolute Gasteiger partial charge is 0.448 e. The predicted molar refractivity (Wildman–Crippen MR) is 96.5 cm³/mol. The van der Waals surface area contributed by atoms with Crippen molar-refractivity contribution in [2.24, 2.45) is 0 Å². The maximum absolute atomic E-state index is 13.1. The molecule has 0 bridgehead atoms. The van der Waals surface area contributed by atoms with E-state index in [1.54, 1.807) is 30.3 Å². The van der Waals surface area contributed by atoms with Gasteiger partial charge in [0.15, 0.2) is 6.10 Å². The van der Waals surface area contributed by atoms with Gasteiger partial charge in [-0.15, -0.1) is 0 Å². The molecule has 6 nitrogen and oxygen atoms in total. The van der Waals surface area contributed by atoms with E-state index in [1.807, 2.05) is 0 Å². The van der Waals surface area contributed by atoms with Gasteiger partial charge in [-0.2, -0.15) is 18.3 Å². The molecule has 29 heavy (non-hydrogen) atoms. The number of cyclic esters (lactones) is 1. The van der Waals surface area contributed by atoms with Crippen LogP contribution < -0.4 is 5.32 Å². The predicted octanol–water partition coefficient (Wildman–Crippen LogP) is 3.61. The van der Waals surface area contributed by atoms with Gasteiger partial charge in [0.25, 0.3) is 5.91 Å². The number of carbonyl (C=O) groups is 2. The van der Waals surface area contributed by atoms with Gasteiger partial charge in [0.1, 0.15) is 0 Å². The summed E-state index contributed by atoms with van der Waals surface area (Å²) in [5.74, 6) is -1.37. The van der Waals surface area contributed by atoms with Crippen molar-refractivity contribution in [1.82, 2.24) is 9.78 Å². The number of aromatic nitrogens is 2. The first-order valence-corrected chi connectivity index (χ1v) is 8.64. The molecular weight excluding hydrogens is 387 g/mol. The van der Waals surface area contributed by atoms with Crippen LogP contribution in [0.2, 0.25) is 0 Å². The van der Waals surface area contributed by atoms with Crippen molar-refractivity contribution < 1.29 is 27.5 Å². The Hall–Kier alpha value is -3.62. The maximum Gasteiger partial charge on any atom is 0.416 e. The van der Waals surface area contributed by atoms with Gasteiger partial charge in [-0.3, -0.25) is 4.79 Å². The molecule has 0 radical (unpaired) electrons. The minimum Gasteiger partial charge on any atom is -0.448 e. The van der Waals surface area contributed by atoms with E-state index in [0.717, 1.165) is 12.1 Å². The molecule has 0 spiro atoms.